The fraction of sp³-hybridized carbons (Fsp3) is 0.938. The van der Waals surface area contributed by atoms with Gasteiger partial charge in [0.15, 0.2) is 0 Å². The summed E-state index contributed by atoms with van der Waals surface area (Å²) in [4.78, 5) is 0. The predicted octanol–water partition coefficient (Wildman–Crippen LogP) is 3.06. The van der Waals surface area contributed by atoms with E-state index in [1.807, 2.05) is 10.1 Å². The molecular formula is C16H34N3O2S. The summed E-state index contributed by atoms with van der Waals surface area (Å²) in [5.41, 5.74) is 0. The van der Waals surface area contributed by atoms with Crippen LogP contribution in [0.4, 0.5) is 0 Å². The van der Waals surface area contributed by atoms with Crippen molar-refractivity contribution in [1.82, 2.24) is 14.3 Å². The van der Waals surface area contributed by atoms with Crippen LogP contribution in [0.3, 0.4) is 0 Å². The molecule has 1 radical (unpaired) electrons. The number of hydrogen-bond acceptors (Lipinski definition) is 5. The fourth-order valence-electron chi connectivity index (χ4n) is 4.09. The van der Waals surface area contributed by atoms with E-state index >= 15 is 0 Å². The summed E-state index contributed by atoms with van der Waals surface area (Å²) in [6, 6.07) is 0. The molecule has 3 aliphatic rings. The van der Waals surface area contributed by atoms with Gasteiger partial charge in [0, 0.05) is 45.0 Å². The third-order valence-electron chi connectivity index (χ3n) is 5.63. The molecule has 3 rings (SSSR count). The Labute approximate surface area is 136 Å². The lowest BCUT2D eigenvalue weighted by Gasteiger charge is -2.69. The van der Waals surface area contributed by atoms with Crippen molar-refractivity contribution in [1.29, 1.82) is 0 Å². The Hall–Kier alpha value is 0.150. The lowest BCUT2D eigenvalue weighted by Crippen LogP contribution is -2.54. The summed E-state index contributed by atoms with van der Waals surface area (Å²) < 4.78 is 24.4. The molecular weight excluding hydrogens is 298 g/mol. The molecule has 3 saturated heterocycles. The molecule has 5 nitrogen and oxygen atoms in total. The van der Waals surface area contributed by atoms with Crippen molar-refractivity contribution in [3.05, 3.63) is 5.75 Å². The van der Waals surface area contributed by atoms with Crippen molar-refractivity contribution in [2.75, 3.05) is 45.0 Å². The molecule has 22 heavy (non-hydrogen) atoms. The van der Waals surface area contributed by atoms with E-state index < -0.39 is 9.91 Å². The third-order valence-corrected chi connectivity index (χ3v) is 9.24. The summed E-state index contributed by atoms with van der Waals surface area (Å²) in [5.74, 6) is 2.40. The third kappa shape index (κ3) is 3.79. The van der Waals surface area contributed by atoms with Gasteiger partial charge in [-0.05, 0) is 25.7 Å². The van der Waals surface area contributed by atoms with Crippen molar-refractivity contribution in [3.63, 3.8) is 0 Å². The topological polar surface area (TPSA) is 50.2 Å². The largest absolute Gasteiger partial charge is 0.317 e. The minimum atomic E-state index is -3.73. The van der Waals surface area contributed by atoms with Crippen LogP contribution in [-0.2, 0) is 0 Å². The van der Waals surface area contributed by atoms with Crippen LogP contribution in [-0.4, -0.2) is 68.4 Å². The standard InChI is InChI=1S/C16H34N3O2S/c20-22(21,19-11-7-3-4-8-12-19)15-13-18(14-16-22)17-9-5-1-2-6-10-17/h15,20-22H,1-14,16H2. The minimum absolute atomic E-state index is 0.516. The van der Waals surface area contributed by atoms with E-state index in [-0.39, 0.29) is 0 Å². The lowest BCUT2D eigenvalue weighted by molar-refractivity contribution is -0.0131. The Kier molecular flexibility index (Phi) is 5.37. The maximum atomic E-state index is 11.2. The first-order valence-corrected chi connectivity index (χ1v) is 11.5. The van der Waals surface area contributed by atoms with Crippen molar-refractivity contribution in [2.24, 2.45) is 0 Å². The monoisotopic (exact) mass is 332 g/mol. The van der Waals surface area contributed by atoms with Crippen LogP contribution in [0, 0.1) is 5.75 Å². The van der Waals surface area contributed by atoms with Crippen LogP contribution < -0.4 is 0 Å². The van der Waals surface area contributed by atoms with E-state index in [1.165, 1.54) is 38.5 Å². The molecule has 0 aromatic heterocycles. The number of rotatable bonds is 2. The van der Waals surface area contributed by atoms with Gasteiger partial charge in [0.25, 0.3) is 0 Å². The molecule has 0 aromatic carbocycles. The molecule has 0 atom stereocenters. The summed E-state index contributed by atoms with van der Waals surface area (Å²) in [5, 5.41) is 4.79. The SMILES string of the molecule is O[SH]1(O)(N2CCCCCC2)[CH]CN(N2CCCCCC2)CC1. The average molecular weight is 333 g/mol. The van der Waals surface area contributed by atoms with Crippen molar-refractivity contribution < 1.29 is 9.11 Å². The number of thiol groups is 1. The Morgan fingerprint density at radius 3 is 1.68 bits per heavy atom. The second kappa shape index (κ2) is 6.95. The van der Waals surface area contributed by atoms with Crippen LogP contribution in [0.1, 0.15) is 51.4 Å². The molecule has 0 saturated carbocycles. The Bertz CT molecular complexity index is 352. The molecule has 131 valence electrons. The molecule has 3 aliphatic heterocycles. The van der Waals surface area contributed by atoms with E-state index in [1.54, 1.807) is 0 Å². The summed E-state index contributed by atoms with van der Waals surface area (Å²) >= 11 is 0. The van der Waals surface area contributed by atoms with Gasteiger partial charge in [-0.1, -0.05) is 25.7 Å². The molecule has 0 amide bonds. The highest BCUT2D eigenvalue weighted by Crippen LogP contribution is 2.68. The van der Waals surface area contributed by atoms with E-state index in [4.69, 9.17) is 0 Å². The zero-order chi connectivity index (χ0) is 15.5. The van der Waals surface area contributed by atoms with Crippen molar-refractivity contribution >= 4 is 9.91 Å². The zero-order valence-electron chi connectivity index (χ0n) is 13.9. The van der Waals surface area contributed by atoms with Crippen molar-refractivity contribution in [2.45, 2.75) is 51.4 Å². The summed E-state index contributed by atoms with van der Waals surface area (Å²) in [6.07, 6.45) is 9.86. The van der Waals surface area contributed by atoms with Crippen LogP contribution in [0.5, 0.6) is 0 Å². The number of nitrogens with zero attached hydrogens (tertiary/aromatic N) is 3. The smallest absolute Gasteiger partial charge is 0.0627 e. The minimum Gasteiger partial charge on any atom is -0.317 e. The highest BCUT2D eigenvalue weighted by atomic mass is 32.3. The Morgan fingerprint density at radius 1 is 0.636 bits per heavy atom. The lowest BCUT2D eigenvalue weighted by atomic mass is 10.2. The molecule has 2 N–H and O–H groups in total. The van der Waals surface area contributed by atoms with Gasteiger partial charge in [-0.25, -0.2) is 14.3 Å². The molecule has 0 unspecified atom stereocenters. The van der Waals surface area contributed by atoms with Gasteiger partial charge in [0.2, 0.25) is 0 Å². The quantitative estimate of drug-likeness (QED) is 0.679. The van der Waals surface area contributed by atoms with Gasteiger partial charge in [-0.3, -0.25) is 9.91 Å². The molecule has 0 spiro atoms. The van der Waals surface area contributed by atoms with Crippen LogP contribution in [0.15, 0.2) is 0 Å². The van der Waals surface area contributed by atoms with Gasteiger partial charge in [-0.15, -0.1) is 0 Å². The van der Waals surface area contributed by atoms with Gasteiger partial charge in [0.1, 0.15) is 0 Å². The van der Waals surface area contributed by atoms with Crippen LogP contribution >= 0.6 is 9.91 Å². The first-order valence-electron chi connectivity index (χ1n) is 9.18. The zero-order valence-corrected chi connectivity index (χ0v) is 14.8. The Morgan fingerprint density at radius 2 is 1.18 bits per heavy atom. The maximum absolute atomic E-state index is 11.2. The fourth-order valence-corrected chi connectivity index (χ4v) is 7.08. The normalized spacial score (nSPS) is 34.2. The second-order valence-corrected chi connectivity index (χ2v) is 11.1. The van der Waals surface area contributed by atoms with Gasteiger partial charge in [-0.2, -0.15) is 0 Å². The molecule has 3 heterocycles. The van der Waals surface area contributed by atoms with E-state index in [0.29, 0.717) is 12.3 Å². The molecule has 0 aliphatic carbocycles. The molecule has 0 aromatic rings. The Balaban J connectivity index is 1.60. The summed E-state index contributed by atoms with van der Waals surface area (Å²) in [7, 11) is -3.73. The highest BCUT2D eigenvalue weighted by molar-refractivity contribution is 8.40. The van der Waals surface area contributed by atoms with Gasteiger partial charge < -0.3 is 9.11 Å². The van der Waals surface area contributed by atoms with E-state index in [0.717, 1.165) is 45.6 Å². The van der Waals surface area contributed by atoms with Gasteiger partial charge >= 0.3 is 0 Å². The number of hydrazine groups is 1. The summed E-state index contributed by atoms with van der Waals surface area (Å²) in [6.45, 7) is 5.45. The predicted molar refractivity (Wildman–Crippen MR) is 95.1 cm³/mol. The van der Waals surface area contributed by atoms with Crippen LogP contribution in [0.25, 0.3) is 0 Å². The second-order valence-electron chi connectivity index (χ2n) is 7.28. The van der Waals surface area contributed by atoms with Gasteiger partial charge in [0.05, 0.1) is 5.75 Å². The molecule has 0 bridgehead atoms. The highest BCUT2D eigenvalue weighted by Gasteiger charge is 2.40. The van der Waals surface area contributed by atoms with Crippen LogP contribution in [0.2, 0.25) is 0 Å². The van der Waals surface area contributed by atoms with E-state index in [2.05, 4.69) is 10.0 Å². The van der Waals surface area contributed by atoms with Crippen molar-refractivity contribution in [3.8, 4) is 0 Å². The molecule has 6 heteroatoms. The average Bonchev–Trinajstić information content (AvgIpc) is 2.93. The van der Waals surface area contributed by atoms with E-state index in [9.17, 15) is 9.11 Å². The number of hydrogen-bond donors (Lipinski definition) is 3. The maximum Gasteiger partial charge on any atom is 0.0627 e. The molecule has 3 fully saturated rings. The first kappa shape index (κ1) is 17.0. The first-order chi connectivity index (χ1) is 10.6.